The second kappa shape index (κ2) is 6.03. The fourth-order valence-corrected chi connectivity index (χ4v) is 2.93. The second-order valence-electron chi connectivity index (χ2n) is 5.62. The molecule has 21 heavy (non-hydrogen) atoms. The molecule has 5 heteroatoms. The SMILES string of the molecule is CC1CC1c1ccc(C(CN)Nc2ccc(Br)c(Cl)c2)o1. The van der Waals surface area contributed by atoms with E-state index in [1.165, 1.54) is 6.42 Å². The van der Waals surface area contributed by atoms with Gasteiger partial charge in [0.05, 0.1) is 11.1 Å². The second-order valence-corrected chi connectivity index (χ2v) is 6.88. The summed E-state index contributed by atoms with van der Waals surface area (Å²) < 4.78 is 6.85. The smallest absolute Gasteiger partial charge is 0.127 e. The molecule has 1 aromatic heterocycles. The maximum Gasteiger partial charge on any atom is 0.127 e. The van der Waals surface area contributed by atoms with E-state index in [0.29, 0.717) is 17.5 Å². The highest BCUT2D eigenvalue weighted by molar-refractivity contribution is 9.10. The molecule has 112 valence electrons. The van der Waals surface area contributed by atoms with Gasteiger partial charge in [-0.25, -0.2) is 0 Å². The van der Waals surface area contributed by atoms with E-state index in [1.54, 1.807) is 0 Å². The van der Waals surface area contributed by atoms with E-state index in [2.05, 4.69) is 34.2 Å². The molecule has 0 radical (unpaired) electrons. The quantitative estimate of drug-likeness (QED) is 0.785. The molecule has 3 nitrogen and oxygen atoms in total. The molecule has 0 saturated heterocycles. The number of rotatable bonds is 5. The molecule has 3 atom stereocenters. The highest BCUT2D eigenvalue weighted by Crippen LogP contribution is 2.47. The van der Waals surface area contributed by atoms with Crippen LogP contribution in [0.1, 0.15) is 36.8 Å². The van der Waals surface area contributed by atoms with Gasteiger partial charge in [-0.15, -0.1) is 0 Å². The van der Waals surface area contributed by atoms with E-state index in [-0.39, 0.29) is 6.04 Å². The van der Waals surface area contributed by atoms with Crippen molar-refractivity contribution in [2.45, 2.75) is 25.3 Å². The van der Waals surface area contributed by atoms with Crippen LogP contribution in [0.3, 0.4) is 0 Å². The zero-order chi connectivity index (χ0) is 15.0. The van der Waals surface area contributed by atoms with Gasteiger partial charge in [-0.05, 0) is 58.6 Å². The maximum absolute atomic E-state index is 6.11. The van der Waals surface area contributed by atoms with E-state index in [9.17, 15) is 0 Å². The van der Waals surface area contributed by atoms with Gasteiger partial charge in [0.1, 0.15) is 11.5 Å². The molecule has 1 fully saturated rings. The zero-order valence-electron chi connectivity index (χ0n) is 11.8. The van der Waals surface area contributed by atoms with Crippen molar-refractivity contribution in [3.05, 3.63) is 51.3 Å². The molecule has 1 heterocycles. The monoisotopic (exact) mass is 368 g/mol. The summed E-state index contributed by atoms with van der Waals surface area (Å²) in [6.07, 6.45) is 1.22. The topological polar surface area (TPSA) is 51.2 Å². The lowest BCUT2D eigenvalue weighted by molar-refractivity contribution is 0.441. The standard InChI is InChI=1S/C16H18BrClN2O/c1-9-6-11(9)15-4-5-16(21-15)14(8-19)20-10-2-3-12(17)13(18)7-10/h2-5,7,9,11,14,20H,6,8,19H2,1H3. The van der Waals surface area contributed by atoms with Crippen LogP contribution in [0.5, 0.6) is 0 Å². The minimum atomic E-state index is -0.0509. The van der Waals surface area contributed by atoms with Crippen LogP contribution in [0.15, 0.2) is 39.2 Å². The van der Waals surface area contributed by atoms with Crippen LogP contribution in [-0.2, 0) is 0 Å². The van der Waals surface area contributed by atoms with Gasteiger partial charge in [0.2, 0.25) is 0 Å². The first-order valence-electron chi connectivity index (χ1n) is 7.09. The molecule has 1 aromatic carbocycles. The van der Waals surface area contributed by atoms with Gasteiger partial charge in [0.25, 0.3) is 0 Å². The van der Waals surface area contributed by atoms with Gasteiger partial charge < -0.3 is 15.5 Å². The number of furan rings is 1. The van der Waals surface area contributed by atoms with E-state index in [1.807, 2.05) is 24.3 Å². The highest BCUT2D eigenvalue weighted by atomic mass is 79.9. The van der Waals surface area contributed by atoms with Crippen molar-refractivity contribution >= 4 is 33.2 Å². The molecule has 3 unspecified atom stereocenters. The van der Waals surface area contributed by atoms with Crippen LogP contribution in [-0.4, -0.2) is 6.54 Å². The molecule has 3 N–H and O–H groups in total. The number of anilines is 1. The van der Waals surface area contributed by atoms with Gasteiger partial charge in [-0.1, -0.05) is 18.5 Å². The summed E-state index contributed by atoms with van der Waals surface area (Å²) in [6, 6.07) is 9.79. The van der Waals surface area contributed by atoms with Crippen molar-refractivity contribution in [3.8, 4) is 0 Å². The van der Waals surface area contributed by atoms with E-state index >= 15 is 0 Å². The molecule has 3 rings (SSSR count). The minimum Gasteiger partial charge on any atom is -0.464 e. The molecule has 0 aliphatic heterocycles. The molecule has 1 aliphatic rings. The van der Waals surface area contributed by atoms with Gasteiger partial charge in [-0.3, -0.25) is 0 Å². The number of nitrogens with one attached hydrogen (secondary N) is 1. The summed E-state index contributed by atoms with van der Waals surface area (Å²) in [5, 5.41) is 4.04. The van der Waals surface area contributed by atoms with Crippen molar-refractivity contribution in [2.24, 2.45) is 11.7 Å². The van der Waals surface area contributed by atoms with Gasteiger partial charge in [0.15, 0.2) is 0 Å². The maximum atomic E-state index is 6.11. The summed E-state index contributed by atoms with van der Waals surface area (Å²) >= 11 is 9.50. The molecular formula is C16H18BrClN2O. The van der Waals surface area contributed by atoms with Crippen molar-refractivity contribution in [1.82, 2.24) is 0 Å². The average Bonchev–Trinajstić information content (AvgIpc) is 3.01. The van der Waals surface area contributed by atoms with Gasteiger partial charge >= 0.3 is 0 Å². The summed E-state index contributed by atoms with van der Waals surface area (Å²) in [4.78, 5) is 0. The largest absolute Gasteiger partial charge is 0.464 e. The molecule has 0 amide bonds. The molecule has 1 aliphatic carbocycles. The number of benzene rings is 1. The van der Waals surface area contributed by atoms with Crippen molar-refractivity contribution in [1.29, 1.82) is 0 Å². The number of hydrogen-bond acceptors (Lipinski definition) is 3. The Morgan fingerprint density at radius 2 is 2.19 bits per heavy atom. The molecule has 0 spiro atoms. The third-order valence-corrected chi connectivity index (χ3v) is 5.19. The summed E-state index contributed by atoms with van der Waals surface area (Å²) in [5.41, 5.74) is 6.81. The van der Waals surface area contributed by atoms with E-state index in [4.69, 9.17) is 21.8 Å². The lowest BCUT2D eigenvalue weighted by Crippen LogP contribution is -2.20. The third kappa shape index (κ3) is 3.28. The first-order chi connectivity index (χ1) is 10.1. The third-order valence-electron chi connectivity index (χ3n) is 3.96. The fourth-order valence-electron chi connectivity index (χ4n) is 2.51. The molecule has 1 saturated carbocycles. The predicted octanol–water partition coefficient (Wildman–Crippen LogP) is 4.93. The van der Waals surface area contributed by atoms with Crippen molar-refractivity contribution in [3.63, 3.8) is 0 Å². The lowest BCUT2D eigenvalue weighted by atomic mass is 10.2. The zero-order valence-corrected chi connectivity index (χ0v) is 14.1. The van der Waals surface area contributed by atoms with Crippen LogP contribution >= 0.6 is 27.5 Å². The van der Waals surface area contributed by atoms with Crippen LogP contribution in [0.4, 0.5) is 5.69 Å². The molecule has 2 aromatic rings. The van der Waals surface area contributed by atoms with Crippen LogP contribution < -0.4 is 11.1 Å². The van der Waals surface area contributed by atoms with Crippen LogP contribution in [0.2, 0.25) is 5.02 Å². The average molecular weight is 370 g/mol. The summed E-state index contributed by atoms with van der Waals surface area (Å²) in [5.74, 6) is 3.27. The summed E-state index contributed by atoms with van der Waals surface area (Å²) in [7, 11) is 0. The molecular weight excluding hydrogens is 352 g/mol. The first-order valence-corrected chi connectivity index (χ1v) is 8.27. The first kappa shape index (κ1) is 14.9. The Kier molecular flexibility index (Phi) is 4.29. The fraction of sp³-hybridized carbons (Fsp3) is 0.375. The van der Waals surface area contributed by atoms with Crippen molar-refractivity contribution in [2.75, 3.05) is 11.9 Å². The Morgan fingerprint density at radius 1 is 1.43 bits per heavy atom. The Labute approximate surface area is 138 Å². The van der Waals surface area contributed by atoms with E-state index < -0.39 is 0 Å². The van der Waals surface area contributed by atoms with Crippen LogP contribution in [0.25, 0.3) is 0 Å². The number of halogens is 2. The molecule has 0 bridgehead atoms. The van der Waals surface area contributed by atoms with Crippen molar-refractivity contribution < 1.29 is 4.42 Å². The number of hydrogen-bond donors (Lipinski definition) is 2. The lowest BCUT2D eigenvalue weighted by Gasteiger charge is -2.16. The van der Waals surface area contributed by atoms with E-state index in [0.717, 1.165) is 27.6 Å². The highest BCUT2D eigenvalue weighted by Gasteiger charge is 2.36. The Morgan fingerprint density at radius 3 is 2.81 bits per heavy atom. The summed E-state index contributed by atoms with van der Waals surface area (Å²) in [6.45, 7) is 2.70. The predicted molar refractivity (Wildman–Crippen MR) is 89.8 cm³/mol. The Bertz CT molecular complexity index is 643. The van der Waals surface area contributed by atoms with Gasteiger partial charge in [-0.2, -0.15) is 0 Å². The van der Waals surface area contributed by atoms with Crippen LogP contribution in [0, 0.1) is 5.92 Å². The number of nitrogens with two attached hydrogens (primary N) is 1. The minimum absolute atomic E-state index is 0.0509. The Balaban J connectivity index is 1.75. The Hall–Kier alpha value is -0.970. The normalized spacial score (nSPS) is 22.1. The van der Waals surface area contributed by atoms with Gasteiger partial charge in [0, 0.05) is 22.6 Å².